The maximum atomic E-state index is 12.9. The summed E-state index contributed by atoms with van der Waals surface area (Å²) in [5.41, 5.74) is 2.52. The Morgan fingerprint density at radius 1 is 1.00 bits per heavy atom. The first-order chi connectivity index (χ1) is 12.2. The smallest absolute Gasteiger partial charge is 0.241 e. The van der Waals surface area contributed by atoms with Crippen LogP contribution in [-0.2, 0) is 4.79 Å². The van der Waals surface area contributed by atoms with Crippen molar-refractivity contribution in [2.75, 3.05) is 25.0 Å². The molecule has 3 heterocycles. The molecule has 0 aromatic heterocycles. The predicted octanol–water partition coefficient (Wildman–Crippen LogP) is 3.17. The number of anilines is 1. The summed E-state index contributed by atoms with van der Waals surface area (Å²) in [5, 5.41) is 5.23. The number of piperidine rings is 3. The molecule has 6 rings (SSSR count). The van der Waals surface area contributed by atoms with E-state index in [9.17, 15) is 4.79 Å². The third-order valence-electron chi connectivity index (χ3n) is 6.18. The molecule has 4 bridgehead atoms. The standard InChI is InChI=1S/C21H21BN2O/c22-20(19-15-8-13-9-16(19)12-24(10-13)11-15)21(25)23-18-7-3-5-14-4-1-2-6-17(14)18/h1-7,13,15-16H,8-12H2,(H,23,25). The molecule has 1 amide bonds. The number of carbonyl (C=O) groups is 1. The summed E-state index contributed by atoms with van der Waals surface area (Å²) >= 11 is 0. The number of fused-ring (bicyclic) bond motifs is 1. The van der Waals surface area contributed by atoms with E-state index in [1.807, 2.05) is 30.3 Å². The lowest BCUT2D eigenvalue weighted by Crippen LogP contribution is -2.55. The number of hydrogen-bond donors (Lipinski definition) is 1. The lowest BCUT2D eigenvalue weighted by molar-refractivity contribution is -0.112. The van der Waals surface area contributed by atoms with Crippen molar-refractivity contribution < 1.29 is 4.79 Å². The fraction of sp³-hybridized carbons (Fsp3) is 0.381. The third kappa shape index (κ3) is 2.51. The largest absolute Gasteiger partial charge is 0.322 e. The number of nitrogens with zero attached hydrogens (tertiary/aromatic N) is 1. The maximum Gasteiger partial charge on any atom is 0.241 e. The van der Waals surface area contributed by atoms with Crippen molar-refractivity contribution in [1.29, 1.82) is 0 Å². The minimum absolute atomic E-state index is 0.145. The summed E-state index contributed by atoms with van der Waals surface area (Å²) in [6, 6.07) is 14.1. The second-order valence-corrected chi connectivity index (χ2v) is 7.80. The molecule has 4 aliphatic rings. The fourth-order valence-corrected chi connectivity index (χ4v) is 5.29. The topological polar surface area (TPSA) is 32.3 Å². The zero-order valence-electron chi connectivity index (χ0n) is 14.2. The molecule has 3 aliphatic heterocycles. The van der Waals surface area contributed by atoms with Crippen molar-refractivity contribution in [3.05, 3.63) is 53.5 Å². The van der Waals surface area contributed by atoms with Gasteiger partial charge in [-0.15, -0.1) is 0 Å². The van der Waals surface area contributed by atoms with E-state index in [1.165, 1.54) is 25.0 Å². The summed E-state index contributed by atoms with van der Waals surface area (Å²) in [5.74, 6) is 1.61. The molecule has 2 atom stereocenters. The number of carbonyl (C=O) groups excluding carboxylic acids is 1. The van der Waals surface area contributed by atoms with Gasteiger partial charge in [-0.2, -0.15) is 0 Å². The van der Waals surface area contributed by atoms with Gasteiger partial charge >= 0.3 is 0 Å². The molecule has 1 N–H and O–H groups in total. The van der Waals surface area contributed by atoms with Gasteiger partial charge in [-0.05, 0) is 47.5 Å². The average Bonchev–Trinajstić information content (AvgIpc) is 2.61. The van der Waals surface area contributed by atoms with Crippen molar-refractivity contribution in [3.8, 4) is 0 Å². The SMILES string of the molecule is [B]C(C(=O)Nc1cccc2ccccc12)=C1C2CC3CC1CN(C3)C2. The maximum absolute atomic E-state index is 12.9. The van der Waals surface area contributed by atoms with Gasteiger partial charge in [0, 0.05) is 30.7 Å². The van der Waals surface area contributed by atoms with E-state index in [-0.39, 0.29) is 5.91 Å². The molecule has 2 unspecified atom stereocenters. The number of hydrogen-bond acceptors (Lipinski definition) is 2. The molecular weight excluding hydrogens is 307 g/mol. The quantitative estimate of drug-likeness (QED) is 0.678. The van der Waals surface area contributed by atoms with Crippen LogP contribution in [0.5, 0.6) is 0 Å². The molecule has 2 aromatic rings. The zero-order valence-corrected chi connectivity index (χ0v) is 14.2. The summed E-state index contributed by atoms with van der Waals surface area (Å²) < 4.78 is 0. The van der Waals surface area contributed by atoms with Crippen molar-refractivity contribution in [1.82, 2.24) is 4.90 Å². The van der Waals surface area contributed by atoms with Crippen LogP contribution in [0, 0.1) is 17.8 Å². The Balaban J connectivity index is 1.46. The first-order valence-corrected chi connectivity index (χ1v) is 9.20. The van der Waals surface area contributed by atoms with Crippen molar-refractivity contribution in [2.45, 2.75) is 12.8 Å². The van der Waals surface area contributed by atoms with Gasteiger partial charge in [0.15, 0.2) is 0 Å². The summed E-state index contributed by atoms with van der Waals surface area (Å²) in [6.07, 6.45) is 2.40. The Hall–Kier alpha value is -2.07. The van der Waals surface area contributed by atoms with E-state index in [4.69, 9.17) is 7.85 Å². The van der Waals surface area contributed by atoms with Gasteiger partial charge in [0.25, 0.3) is 0 Å². The molecule has 1 saturated carbocycles. The minimum atomic E-state index is -0.145. The highest BCUT2D eigenvalue weighted by Gasteiger charge is 2.45. The predicted molar refractivity (Wildman–Crippen MR) is 102 cm³/mol. The second kappa shape index (κ2) is 5.74. The third-order valence-corrected chi connectivity index (χ3v) is 6.18. The Morgan fingerprint density at radius 2 is 1.72 bits per heavy atom. The van der Waals surface area contributed by atoms with Gasteiger partial charge in [0.2, 0.25) is 5.91 Å². The summed E-state index contributed by atoms with van der Waals surface area (Å²) in [7, 11) is 6.38. The van der Waals surface area contributed by atoms with Crippen LogP contribution in [0.25, 0.3) is 10.8 Å². The van der Waals surface area contributed by atoms with Crippen LogP contribution in [0.3, 0.4) is 0 Å². The molecule has 124 valence electrons. The summed E-state index contributed by atoms with van der Waals surface area (Å²) in [4.78, 5) is 15.4. The number of rotatable bonds is 2. The lowest BCUT2D eigenvalue weighted by atomic mass is 9.62. The molecule has 4 fully saturated rings. The number of benzene rings is 2. The number of amides is 1. The van der Waals surface area contributed by atoms with Gasteiger partial charge in [0.1, 0.15) is 7.85 Å². The van der Waals surface area contributed by atoms with Crippen LogP contribution in [0.2, 0.25) is 0 Å². The van der Waals surface area contributed by atoms with Crippen LogP contribution in [-0.4, -0.2) is 38.3 Å². The van der Waals surface area contributed by atoms with Crippen LogP contribution in [0.1, 0.15) is 12.8 Å². The number of nitrogens with one attached hydrogen (secondary N) is 1. The van der Waals surface area contributed by atoms with Gasteiger partial charge in [0.05, 0.1) is 0 Å². The van der Waals surface area contributed by atoms with E-state index in [0.717, 1.165) is 35.5 Å². The first-order valence-electron chi connectivity index (χ1n) is 9.20. The molecule has 2 radical (unpaired) electrons. The monoisotopic (exact) mass is 328 g/mol. The highest BCUT2D eigenvalue weighted by molar-refractivity contribution is 6.39. The lowest BCUT2D eigenvalue weighted by Gasteiger charge is -2.53. The van der Waals surface area contributed by atoms with Crippen LogP contribution in [0.4, 0.5) is 5.69 Å². The van der Waals surface area contributed by atoms with E-state index >= 15 is 0 Å². The molecule has 3 saturated heterocycles. The Kier molecular flexibility index (Phi) is 3.49. The van der Waals surface area contributed by atoms with Gasteiger partial charge in [-0.1, -0.05) is 42.0 Å². The molecule has 1 aliphatic carbocycles. The van der Waals surface area contributed by atoms with Crippen molar-refractivity contribution >= 4 is 30.2 Å². The van der Waals surface area contributed by atoms with Gasteiger partial charge in [-0.25, -0.2) is 0 Å². The van der Waals surface area contributed by atoms with Crippen molar-refractivity contribution in [3.63, 3.8) is 0 Å². The first kappa shape index (κ1) is 15.2. The molecule has 25 heavy (non-hydrogen) atoms. The Bertz CT molecular complexity index is 853. The Labute approximate surface area is 149 Å². The molecule has 0 spiro atoms. The zero-order chi connectivity index (χ0) is 17.0. The van der Waals surface area contributed by atoms with Crippen LogP contribution in [0.15, 0.2) is 53.5 Å². The van der Waals surface area contributed by atoms with Crippen LogP contribution >= 0.6 is 0 Å². The van der Waals surface area contributed by atoms with Gasteiger partial charge in [-0.3, -0.25) is 4.79 Å². The molecular formula is C21H21BN2O. The van der Waals surface area contributed by atoms with Crippen molar-refractivity contribution in [2.24, 2.45) is 17.8 Å². The second-order valence-electron chi connectivity index (χ2n) is 7.80. The highest BCUT2D eigenvalue weighted by atomic mass is 16.1. The highest BCUT2D eigenvalue weighted by Crippen LogP contribution is 2.47. The summed E-state index contributed by atoms with van der Waals surface area (Å²) in [6.45, 7) is 3.39. The van der Waals surface area contributed by atoms with Crippen LogP contribution < -0.4 is 5.32 Å². The van der Waals surface area contributed by atoms with E-state index in [2.05, 4.69) is 22.3 Å². The molecule has 4 heteroatoms. The average molecular weight is 328 g/mol. The van der Waals surface area contributed by atoms with E-state index < -0.39 is 0 Å². The molecule has 2 aromatic carbocycles. The van der Waals surface area contributed by atoms with E-state index in [0.29, 0.717) is 17.3 Å². The molecule has 3 nitrogen and oxygen atoms in total. The van der Waals surface area contributed by atoms with E-state index in [1.54, 1.807) is 0 Å². The minimum Gasteiger partial charge on any atom is -0.322 e. The Morgan fingerprint density at radius 3 is 2.48 bits per heavy atom. The van der Waals surface area contributed by atoms with Gasteiger partial charge < -0.3 is 10.2 Å². The fourth-order valence-electron chi connectivity index (χ4n) is 5.29. The normalized spacial score (nSPS) is 29.8.